The molecule has 1 aromatic carbocycles. The quantitative estimate of drug-likeness (QED) is 0.751. The highest BCUT2D eigenvalue weighted by Crippen LogP contribution is 2.40. The topological polar surface area (TPSA) is 73.7 Å². The normalized spacial score (nSPS) is 17.1. The summed E-state index contributed by atoms with van der Waals surface area (Å²) in [6.07, 6.45) is 0. The second-order valence-electron chi connectivity index (χ2n) is 7.00. The van der Waals surface area contributed by atoms with E-state index in [2.05, 4.69) is 4.98 Å². The van der Waals surface area contributed by atoms with Gasteiger partial charge in [0.25, 0.3) is 5.91 Å². The maximum absolute atomic E-state index is 13.9. The smallest absolute Gasteiger partial charge is 0.290 e. The van der Waals surface area contributed by atoms with Crippen molar-refractivity contribution in [2.45, 2.75) is 19.9 Å². The lowest BCUT2D eigenvalue weighted by molar-refractivity contribution is -0.129. The van der Waals surface area contributed by atoms with Crippen LogP contribution in [0.4, 0.5) is 4.39 Å². The maximum Gasteiger partial charge on any atom is 0.290 e. The number of aryl methyl sites for hydroxylation is 2. The molecule has 0 aliphatic carbocycles. The van der Waals surface area contributed by atoms with Crippen LogP contribution in [0.25, 0.3) is 0 Å². The van der Waals surface area contributed by atoms with Gasteiger partial charge in [0.05, 0.1) is 27.2 Å². The first-order chi connectivity index (χ1) is 13.2. The predicted octanol–water partition coefficient (Wildman–Crippen LogP) is 3.04. The minimum Gasteiger partial charge on any atom is -0.503 e. The number of ketones is 1. The number of halogens is 1. The number of carbonyl (C=O) groups excluding carboxylic acids is 2. The monoisotopic (exact) mass is 403 g/mol. The van der Waals surface area contributed by atoms with Crippen LogP contribution in [0.5, 0.6) is 0 Å². The van der Waals surface area contributed by atoms with Crippen LogP contribution in [0.3, 0.4) is 0 Å². The fourth-order valence-corrected chi connectivity index (χ4v) is 4.19. The molecule has 0 bridgehead atoms. The number of carbonyl (C=O) groups is 2. The Hall–Kier alpha value is -2.58. The highest BCUT2D eigenvalue weighted by atomic mass is 32.1. The van der Waals surface area contributed by atoms with Gasteiger partial charge >= 0.3 is 0 Å². The lowest BCUT2D eigenvalue weighted by Gasteiger charge is -2.28. The Morgan fingerprint density at radius 3 is 2.64 bits per heavy atom. The van der Waals surface area contributed by atoms with Crippen LogP contribution in [0, 0.1) is 19.7 Å². The van der Waals surface area contributed by atoms with Gasteiger partial charge in [0.15, 0.2) is 5.76 Å². The average Bonchev–Trinajstić information content (AvgIpc) is 3.09. The van der Waals surface area contributed by atoms with E-state index >= 15 is 0 Å². The van der Waals surface area contributed by atoms with Crippen molar-refractivity contribution in [3.05, 3.63) is 62.6 Å². The number of benzene rings is 1. The van der Waals surface area contributed by atoms with E-state index in [-0.39, 0.29) is 12.1 Å². The Balaban J connectivity index is 2.10. The number of Topliss-reactive ketones (excluding diaryl/α,β-unsaturated/α-hetero) is 1. The molecule has 1 aromatic heterocycles. The fourth-order valence-electron chi connectivity index (χ4n) is 3.31. The van der Waals surface area contributed by atoms with Gasteiger partial charge in [-0.25, -0.2) is 9.37 Å². The number of aliphatic hydroxyl groups excluding tert-OH is 1. The van der Waals surface area contributed by atoms with Crippen LogP contribution in [0.2, 0.25) is 0 Å². The molecule has 1 atom stereocenters. The molecule has 0 saturated carbocycles. The van der Waals surface area contributed by atoms with Crippen LogP contribution in [0.15, 0.2) is 35.6 Å². The van der Waals surface area contributed by atoms with Gasteiger partial charge in [0, 0.05) is 13.1 Å². The summed E-state index contributed by atoms with van der Waals surface area (Å²) >= 11 is 1.21. The largest absolute Gasteiger partial charge is 0.503 e. The molecule has 0 saturated heterocycles. The third-order valence-corrected chi connectivity index (χ3v) is 5.68. The van der Waals surface area contributed by atoms with Gasteiger partial charge < -0.3 is 14.9 Å². The second-order valence-corrected chi connectivity index (χ2v) is 8.20. The number of amides is 1. The summed E-state index contributed by atoms with van der Waals surface area (Å²) in [5.41, 5.74) is 0.962. The summed E-state index contributed by atoms with van der Waals surface area (Å²) in [4.78, 5) is 34.0. The zero-order chi connectivity index (χ0) is 20.6. The van der Waals surface area contributed by atoms with Gasteiger partial charge in [0.1, 0.15) is 5.82 Å². The zero-order valence-electron chi connectivity index (χ0n) is 16.2. The molecule has 2 aromatic rings. The molecular weight excluding hydrogens is 381 g/mol. The summed E-state index contributed by atoms with van der Waals surface area (Å²) in [6.45, 7) is 4.32. The Labute approximate surface area is 166 Å². The summed E-state index contributed by atoms with van der Waals surface area (Å²) in [7, 11) is 3.72. The first-order valence-electron chi connectivity index (χ1n) is 8.83. The standard InChI is InChI=1S/C20H22FN3O3S/c1-11-19(28-12(2)22-11)17(25)15-16(13-6-5-7-14(21)10-13)24(9-8-23(3)4)20(27)18(15)26/h5-7,10,16,26H,8-9H2,1-4H3/t16-/m1/s1. The van der Waals surface area contributed by atoms with Crippen molar-refractivity contribution >= 4 is 23.0 Å². The molecule has 148 valence electrons. The van der Waals surface area contributed by atoms with Crippen LogP contribution >= 0.6 is 11.3 Å². The van der Waals surface area contributed by atoms with Gasteiger partial charge in [-0.1, -0.05) is 12.1 Å². The minimum atomic E-state index is -0.850. The summed E-state index contributed by atoms with van der Waals surface area (Å²) in [6, 6.07) is 4.92. The Morgan fingerprint density at radius 1 is 1.36 bits per heavy atom. The van der Waals surface area contributed by atoms with Crippen molar-refractivity contribution < 1.29 is 19.1 Å². The van der Waals surface area contributed by atoms with E-state index in [0.29, 0.717) is 22.7 Å². The zero-order valence-corrected chi connectivity index (χ0v) is 17.0. The highest BCUT2D eigenvalue weighted by Gasteiger charge is 2.44. The molecule has 0 spiro atoms. The number of thiazole rings is 1. The Kier molecular flexibility index (Phi) is 5.62. The minimum absolute atomic E-state index is 0.0268. The van der Waals surface area contributed by atoms with Crippen LogP contribution in [0.1, 0.15) is 32.0 Å². The van der Waals surface area contributed by atoms with Gasteiger partial charge in [-0.3, -0.25) is 9.59 Å². The molecule has 0 radical (unpaired) electrons. The van der Waals surface area contributed by atoms with E-state index in [1.165, 1.54) is 34.4 Å². The highest BCUT2D eigenvalue weighted by molar-refractivity contribution is 7.14. The van der Waals surface area contributed by atoms with Crippen molar-refractivity contribution in [1.82, 2.24) is 14.8 Å². The molecule has 28 heavy (non-hydrogen) atoms. The molecule has 3 rings (SSSR count). The predicted molar refractivity (Wildman–Crippen MR) is 105 cm³/mol. The lowest BCUT2D eigenvalue weighted by atomic mass is 9.95. The first kappa shape index (κ1) is 20.2. The van der Waals surface area contributed by atoms with E-state index < -0.39 is 29.3 Å². The van der Waals surface area contributed by atoms with Crippen LogP contribution in [-0.2, 0) is 4.79 Å². The molecule has 6 nitrogen and oxygen atoms in total. The SMILES string of the molecule is Cc1nc(C)c(C(=O)C2=C(O)C(=O)N(CCN(C)C)[C@@H]2c2cccc(F)c2)s1. The molecule has 2 heterocycles. The van der Waals surface area contributed by atoms with Crippen LogP contribution < -0.4 is 0 Å². The molecular formula is C20H22FN3O3S. The Morgan fingerprint density at radius 2 is 2.07 bits per heavy atom. The third-order valence-electron chi connectivity index (χ3n) is 4.61. The number of rotatable bonds is 6. The van der Waals surface area contributed by atoms with E-state index in [0.717, 1.165) is 5.01 Å². The molecule has 1 aliphatic rings. The van der Waals surface area contributed by atoms with Gasteiger partial charge in [0.2, 0.25) is 5.78 Å². The number of hydrogen-bond donors (Lipinski definition) is 1. The summed E-state index contributed by atoms with van der Waals surface area (Å²) in [5, 5.41) is 11.3. The molecule has 1 N–H and O–H groups in total. The molecule has 0 fully saturated rings. The fraction of sp³-hybridized carbons (Fsp3) is 0.350. The van der Waals surface area contributed by atoms with Crippen molar-refractivity contribution in [2.24, 2.45) is 0 Å². The van der Waals surface area contributed by atoms with E-state index in [4.69, 9.17) is 0 Å². The van der Waals surface area contributed by atoms with E-state index in [1.54, 1.807) is 19.9 Å². The van der Waals surface area contributed by atoms with Crippen molar-refractivity contribution in [3.8, 4) is 0 Å². The summed E-state index contributed by atoms with van der Waals surface area (Å²) < 4.78 is 13.9. The van der Waals surface area contributed by atoms with Crippen LogP contribution in [-0.4, -0.2) is 58.8 Å². The van der Waals surface area contributed by atoms with Gasteiger partial charge in [-0.05, 0) is 45.6 Å². The number of nitrogens with zero attached hydrogens (tertiary/aromatic N) is 3. The Bertz CT molecular complexity index is 967. The molecule has 0 unspecified atom stereocenters. The number of aliphatic hydroxyl groups is 1. The average molecular weight is 403 g/mol. The number of hydrogen-bond acceptors (Lipinski definition) is 6. The second kappa shape index (κ2) is 7.81. The molecule has 1 amide bonds. The van der Waals surface area contributed by atoms with Gasteiger partial charge in [-0.15, -0.1) is 11.3 Å². The van der Waals surface area contributed by atoms with Crippen molar-refractivity contribution in [3.63, 3.8) is 0 Å². The lowest BCUT2D eigenvalue weighted by Crippen LogP contribution is -2.36. The van der Waals surface area contributed by atoms with Crippen molar-refractivity contribution in [1.29, 1.82) is 0 Å². The van der Waals surface area contributed by atoms with E-state index in [1.807, 2.05) is 19.0 Å². The maximum atomic E-state index is 13.9. The van der Waals surface area contributed by atoms with Gasteiger partial charge in [-0.2, -0.15) is 0 Å². The first-order valence-corrected chi connectivity index (χ1v) is 9.65. The third kappa shape index (κ3) is 3.70. The van der Waals surface area contributed by atoms with E-state index in [9.17, 15) is 19.1 Å². The summed E-state index contributed by atoms with van der Waals surface area (Å²) in [5.74, 6) is -2.13. The van der Waals surface area contributed by atoms with Crippen molar-refractivity contribution in [2.75, 3.05) is 27.2 Å². The number of aromatic nitrogens is 1. The number of likely N-dealkylation sites (N-methyl/N-ethyl adjacent to an activating group) is 1. The molecule has 8 heteroatoms. The molecule has 1 aliphatic heterocycles.